The molecular formula is C24H21N3O5. The summed E-state index contributed by atoms with van der Waals surface area (Å²) in [5, 5.41) is 12.0. The van der Waals surface area contributed by atoms with Gasteiger partial charge in [0.1, 0.15) is 17.4 Å². The number of ether oxygens (including phenoxy) is 2. The highest BCUT2D eigenvalue weighted by molar-refractivity contribution is 6.10. The molecule has 0 saturated carbocycles. The SMILES string of the molecule is COCCn1cc(C(=O)c2ccccc2OCC(=O)Nc2ccccc2)cc(C#N)c1=O. The topological polar surface area (TPSA) is 110 Å². The number of carbonyl (C=O) groups excluding carboxylic acids is 2. The zero-order valence-corrected chi connectivity index (χ0v) is 17.4. The monoisotopic (exact) mass is 431 g/mol. The van der Waals surface area contributed by atoms with E-state index in [2.05, 4.69) is 5.32 Å². The van der Waals surface area contributed by atoms with Crippen molar-refractivity contribution in [3.63, 3.8) is 0 Å². The Bertz CT molecular complexity index is 1210. The van der Waals surface area contributed by atoms with Crippen molar-refractivity contribution in [3.8, 4) is 11.8 Å². The van der Waals surface area contributed by atoms with Crippen LogP contribution in [-0.2, 0) is 16.1 Å². The largest absolute Gasteiger partial charge is 0.483 e. The number of amides is 1. The highest BCUT2D eigenvalue weighted by atomic mass is 16.5. The molecule has 8 nitrogen and oxygen atoms in total. The van der Waals surface area contributed by atoms with Crippen LogP contribution in [0.3, 0.4) is 0 Å². The second kappa shape index (κ2) is 10.7. The third kappa shape index (κ3) is 5.47. The Hall–Kier alpha value is -4.22. The number of carbonyl (C=O) groups is 2. The smallest absolute Gasteiger partial charge is 0.268 e. The predicted octanol–water partition coefficient (Wildman–Crippen LogP) is 2.61. The van der Waals surface area contributed by atoms with E-state index in [1.165, 1.54) is 23.9 Å². The molecule has 2 aromatic carbocycles. The molecule has 3 rings (SSSR count). The molecule has 3 aromatic rings. The van der Waals surface area contributed by atoms with Crippen molar-refractivity contribution in [3.05, 3.63) is 93.9 Å². The number of nitrogens with one attached hydrogen (secondary N) is 1. The highest BCUT2D eigenvalue weighted by Gasteiger charge is 2.18. The zero-order valence-electron chi connectivity index (χ0n) is 17.4. The minimum absolute atomic E-state index is 0.146. The number of nitriles is 1. The number of anilines is 1. The molecule has 8 heteroatoms. The third-order valence-electron chi connectivity index (χ3n) is 4.55. The normalized spacial score (nSPS) is 10.2. The second-order valence-corrected chi connectivity index (χ2v) is 6.77. The van der Waals surface area contributed by atoms with Crippen LogP contribution in [0.5, 0.6) is 5.75 Å². The average Bonchev–Trinajstić information content (AvgIpc) is 2.82. The fourth-order valence-electron chi connectivity index (χ4n) is 2.99. The Labute approximate surface area is 184 Å². The number of hydrogen-bond acceptors (Lipinski definition) is 6. The molecule has 162 valence electrons. The molecule has 0 aliphatic rings. The molecule has 0 aliphatic heterocycles. The number of para-hydroxylation sites is 2. The first-order valence-electron chi connectivity index (χ1n) is 9.78. The second-order valence-electron chi connectivity index (χ2n) is 6.77. The maximum absolute atomic E-state index is 13.2. The number of methoxy groups -OCH3 is 1. The van der Waals surface area contributed by atoms with E-state index in [1.807, 2.05) is 12.1 Å². The van der Waals surface area contributed by atoms with E-state index in [0.29, 0.717) is 5.69 Å². The Morgan fingerprint density at radius 1 is 1.09 bits per heavy atom. The lowest BCUT2D eigenvalue weighted by Crippen LogP contribution is -2.26. The van der Waals surface area contributed by atoms with Gasteiger partial charge in [0.05, 0.1) is 12.2 Å². The van der Waals surface area contributed by atoms with Crippen molar-refractivity contribution >= 4 is 17.4 Å². The van der Waals surface area contributed by atoms with Crippen molar-refractivity contribution in [1.82, 2.24) is 4.57 Å². The predicted molar refractivity (Wildman–Crippen MR) is 118 cm³/mol. The molecular weight excluding hydrogens is 410 g/mol. The number of aromatic nitrogens is 1. The van der Waals surface area contributed by atoms with E-state index in [0.717, 1.165) is 0 Å². The lowest BCUT2D eigenvalue weighted by Gasteiger charge is -2.12. The minimum atomic E-state index is -0.497. The summed E-state index contributed by atoms with van der Waals surface area (Å²) >= 11 is 0. The van der Waals surface area contributed by atoms with Gasteiger partial charge in [-0.1, -0.05) is 30.3 Å². The first-order chi connectivity index (χ1) is 15.5. The Morgan fingerprint density at radius 3 is 2.53 bits per heavy atom. The number of rotatable bonds is 9. The van der Waals surface area contributed by atoms with Gasteiger partial charge in [-0.25, -0.2) is 0 Å². The molecule has 1 amide bonds. The summed E-state index contributed by atoms with van der Waals surface area (Å²) in [5.74, 6) is -0.598. The van der Waals surface area contributed by atoms with Crippen molar-refractivity contribution in [2.45, 2.75) is 6.54 Å². The van der Waals surface area contributed by atoms with Gasteiger partial charge in [-0.3, -0.25) is 14.4 Å². The van der Waals surface area contributed by atoms with Gasteiger partial charge in [-0.2, -0.15) is 5.26 Å². The van der Waals surface area contributed by atoms with Crippen LogP contribution < -0.4 is 15.6 Å². The molecule has 1 N–H and O–H groups in total. The van der Waals surface area contributed by atoms with Crippen LogP contribution in [0.25, 0.3) is 0 Å². The molecule has 0 saturated heterocycles. The van der Waals surface area contributed by atoms with E-state index < -0.39 is 11.3 Å². The lowest BCUT2D eigenvalue weighted by molar-refractivity contribution is -0.118. The number of ketones is 1. The fraction of sp³-hybridized carbons (Fsp3) is 0.167. The molecule has 32 heavy (non-hydrogen) atoms. The van der Waals surface area contributed by atoms with Crippen LogP contribution in [0.15, 0.2) is 71.7 Å². The summed E-state index contributed by atoms with van der Waals surface area (Å²) in [6.07, 6.45) is 1.39. The lowest BCUT2D eigenvalue weighted by atomic mass is 10.0. The standard InChI is InChI=1S/C24H21N3O5/c1-31-12-11-27-15-18(13-17(14-25)24(27)30)23(29)20-9-5-6-10-21(20)32-16-22(28)26-19-7-3-2-4-8-19/h2-10,13,15H,11-12,16H2,1H3,(H,26,28). The van der Waals surface area contributed by atoms with E-state index in [-0.39, 0.29) is 48.1 Å². The van der Waals surface area contributed by atoms with Crippen LogP contribution in [0, 0.1) is 11.3 Å². The number of pyridine rings is 1. The zero-order chi connectivity index (χ0) is 22.9. The third-order valence-corrected chi connectivity index (χ3v) is 4.55. The molecule has 0 atom stereocenters. The molecule has 0 spiro atoms. The number of benzene rings is 2. The van der Waals surface area contributed by atoms with Gasteiger partial charge >= 0.3 is 0 Å². The van der Waals surface area contributed by atoms with Gasteiger partial charge in [0.15, 0.2) is 12.4 Å². The van der Waals surface area contributed by atoms with Gasteiger partial charge in [0, 0.05) is 31.1 Å². The maximum Gasteiger partial charge on any atom is 0.268 e. The van der Waals surface area contributed by atoms with Gasteiger partial charge < -0.3 is 19.4 Å². The first kappa shape index (κ1) is 22.5. The Morgan fingerprint density at radius 2 is 1.81 bits per heavy atom. The van der Waals surface area contributed by atoms with Crippen molar-refractivity contribution in [2.24, 2.45) is 0 Å². The molecule has 0 fully saturated rings. The first-order valence-corrected chi connectivity index (χ1v) is 9.78. The van der Waals surface area contributed by atoms with Crippen molar-refractivity contribution < 1.29 is 19.1 Å². The Kier molecular flexibility index (Phi) is 7.51. The molecule has 0 bridgehead atoms. The summed E-state index contributed by atoms with van der Waals surface area (Å²) in [5.41, 5.74) is 0.353. The summed E-state index contributed by atoms with van der Waals surface area (Å²) in [6, 6.07) is 18.5. The maximum atomic E-state index is 13.2. The van der Waals surface area contributed by atoms with Gasteiger partial charge in [-0.15, -0.1) is 0 Å². The Balaban J connectivity index is 1.82. The minimum Gasteiger partial charge on any atom is -0.483 e. The molecule has 1 heterocycles. The van der Waals surface area contributed by atoms with Crippen molar-refractivity contribution in [1.29, 1.82) is 5.26 Å². The molecule has 0 radical (unpaired) electrons. The quantitative estimate of drug-likeness (QED) is 0.522. The molecule has 0 aliphatic carbocycles. The van der Waals surface area contributed by atoms with E-state index >= 15 is 0 Å². The van der Waals surface area contributed by atoms with Gasteiger partial charge in [0.2, 0.25) is 0 Å². The molecule has 0 unspecified atom stereocenters. The highest BCUT2D eigenvalue weighted by Crippen LogP contribution is 2.22. The van der Waals surface area contributed by atoms with Crippen molar-refractivity contribution in [2.75, 3.05) is 25.6 Å². The summed E-state index contributed by atoms with van der Waals surface area (Å²) in [4.78, 5) is 37.7. The number of hydrogen-bond donors (Lipinski definition) is 1. The van der Waals surface area contributed by atoms with E-state index in [4.69, 9.17) is 9.47 Å². The van der Waals surface area contributed by atoms with Crippen LogP contribution in [-0.4, -0.2) is 36.6 Å². The summed E-state index contributed by atoms with van der Waals surface area (Å²) in [6.45, 7) is 0.150. The summed E-state index contributed by atoms with van der Waals surface area (Å²) < 4.78 is 11.9. The molecule has 1 aromatic heterocycles. The van der Waals surface area contributed by atoms with Crippen LogP contribution in [0.1, 0.15) is 21.5 Å². The average molecular weight is 431 g/mol. The van der Waals surface area contributed by atoms with Gasteiger partial charge in [0.25, 0.3) is 11.5 Å². The van der Waals surface area contributed by atoms with Crippen LogP contribution >= 0.6 is 0 Å². The summed E-state index contributed by atoms with van der Waals surface area (Å²) in [7, 11) is 1.49. The van der Waals surface area contributed by atoms with Crippen LogP contribution in [0.2, 0.25) is 0 Å². The van der Waals surface area contributed by atoms with E-state index in [1.54, 1.807) is 48.5 Å². The van der Waals surface area contributed by atoms with Crippen LogP contribution in [0.4, 0.5) is 5.69 Å². The van der Waals surface area contributed by atoms with E-state index in [9.17, 15) is 19.6 Å². The number of nitrogens with zero attached hydrogens (tertiary/aromatic N) is 2. The fourth-order valence-corrected chi connectivity index (χ4v) is 2.99. The van der Waals surface area contributed by atoms with Gasteiger partial charge in [-0.05, 0) is 30.3 Å².